The second-order valence-electron chi connectivity index (χ2n) is 7.94. The summed E-state index contributed by atoms with van der Waals surface area (Å²) in [6, 6.07) is 2.63. The van der Waals surface area contributed by atoms with Crippen LogP contribution in [0.3, 0.4) is 0 Å². The molecule has 1 atom stereocenters. The van der Waals surface area contributed by atoms with E-state index in [0.29, 0.717) is 0 Å². The molecule has 1 heteroatoms. The monoisotopic (exact) mass is 319 g/mol. The van der Waals surface area contributed by atoms with Gasteiger partial charge in [-0.2, -0.15) is 5.26 Å². The smallest absolute Gasteiger partial charge is 0.0950 e. The molecule has 126 valence electrons. The van der Waals surface area contributed by atoms with Crippen LogP contribution in [0.25, 0.3) is 0 Å². The lowest BCUT2D eigenvalue weighted by Crippen LogP contribution is -2.33. The molecule has 1 nitrogen and oxygen atoms in total. The molecule has 24 heavy (non-hydrogen) atoms. The molecule has 0 amide bonds. The van der Waals surface area contributed by atoms with E-state index >= 15 is 0 Å². The van der Waals surface area contributed by atoms with Gasteiger partial charge in [-0.05, 0) is 94.6 Å². The first-order valence-corrected chi connectivity index (χ1v) is 10.1. The van der Waals surface area contributed by atoms with Gasteiger partial charge in [0.05, 0.1) is 6.07 Å². The van der Waals surface area contributed by atoms with Crippen LogP contribution in [0, 0.1) is 16.7 Å². The Hall–Kier alpha value is -1.55. The van der Waals surface area contributed by atoms with Crippen LogP contribution in [0.5, 0.6) is 0 Å². The topological polar surface area (TPSA) is 23.8 Å². The van der Waals surface area contributed by atoms with Gasteiger partial charge in [0.1, 0.15) is 0 Å². The second kappa shape index (κ2) is 6.75. The van der Waals surface area contributed by atoms with E-state index in [-0.39, 0.29) is 5.41 Å². The highest BCUT2D eigenvalue weighted by Gasteiger charge is 2.46. The SMILES string of the molecule is N#CC1=C(C2=CCCC2)C(C2=CCCC2)(C2=CCCCC2)CCC1. The van der Waals surface area contributed by atoms with Crippen molar-refractivity contribution in [2.45, 2.75) is 83.5 Å². The van der Waals surface area contributed by atoms with Gasteiger partial charge in [-0.3, -0.25) is 0 Å². The molecule has 4 aliphatic carbocycles. The highest BCUT2D eigenvalue weighted by atomic mass is 14.5. The zero-order valence-corrected chi connectivity index (χ0v) is 14.9. The van der Waals surface area contributed by atoms with E-state index in [9.17, 15) is 5.26 Å². The van der Waals surface area contributed by atoms with Crippen molar-refractivity contribution in [2.75, 3.05) is 0 Å². The molecular weight excluding hydrogens is 290 g/mol. The summed E-state index contributed by atoms with van der Waals surface area (Å²) in [6.07, 6.45) is 23.5. The van der Waals surface area contributed by atoms with Crippen molar-refractivity contribution in [3.8, 4) is 6.07 Å². The number of allylic oxidation sites excluding steroid dienone is 8. The van der Waals surface area contributed by atoms with E-state index in [0.717, 1.165) is 12.0 Å². The molecule has 0 fully saturated rings. The first-order chi connectivity index (χ1) is 11.9. The fraction of sp³-hybridized carbons (Fsp3) is 0.609. The Morgan fingerprint density at radius 3 is 2.08 bits per heavy atom. The minimum Gasteiger partial charge on any atom is -0.193 e. The van der Waals surface area contributed by atoms with Gasteiger partial charge in [0, 0.05) is 11.0 Å². The largest absolute Gasteiger partial charge is 0.193 e. The molecule has 0 heterocycles. The molecule has 0 aromatic heterocycles. The number of rotatable bonds is 3. The summed E-state index contributed by atoms with van der Waals surface area (Å²) in [4.78, 5) is 0. The molecule has 0 saturated carbocycles. The Kier molecular flexibility index (Phi) is 4.49. The summed E-state index contributed by atoms with van der Waals surface area (Å²) < 4.78 is 0. The maximum absolute atomic E-state index is 9.92. The maximum atomic E-state index is 9.92. The number of hydrogen-bond donors (Lipinski definition) is 0. The summed E-state index contributed by atoms with van der Waals surface area (Å²) in [5.41, 5.74) is 7.51. The van der Waals surface area contributed by atoms with E-state index < -0.39 is 0 Å². The first kappa shape index (κ1) is 15.9. The average Bonchev–Trinajstić information content (AvgIpc) is 3.35. The van der Waals surface area contributed by atoms with Crippen LogP contribution in [0.15, 0.2) is 46.1 Å². The van der Waals surface area contributed by atoms with Gasteiger partial charge in [0.25, 0.3) is 0 Å². The van der Waals surface area contributed by atoms with E-state index in [1.807, 2.05) is 0 Å². The van der Waals surface area contributed by atoms with E-state index in [4.69, 9.17) is 0 Å². The van der Waals surface area contributed by atoms with Crippen LogP contribution < -0.4 is 0 Å². The molecule has 0 aromatic carbocycles. The van der Waals surface area contributed by atoms with Crippen LogP contribution >= 0.6 is 0 Å². The highest BCUT2D eigenvalue weighted by Crippen LogP contribution is 2.58. The Labute approximate surface area is 146 Å². The number of hydrogen-bond acceptors (Lipinski definition) is 1. The van der Waals surface area contributed by atoms with Gasteiger partial charge < -0.3 is 0 Å². The summed E-state index contributed by atoms with van der Waals surface area (Å²) >= 11 is 0. The molecule has 0 aromatic rings. The van der Waals surface area contributed by atoms with Crippen LogP contribution in [0.4, 0.5) is 0 Å². The summed E-state index contributed by atoms with van der Waals surface area (Å²) in [7, 11) is 0. The van der Waals surface area contributed by atoms with E-state index in [1.54, 1.807) is 11.1 Å². The van der Waals surface area contributed by atoms with Crippen LogP contribution in [0.2, 0.25) is 0 Å². The first-order valence-electron chi connectivity index (χ1n) is 10.1. The van der Waals surface area contributed by atoms with E-state index in [2.05, 4.69) is 24.3 Å². The minimum absolute atomic E-state index is 0.0937. The molecule has 0 radical (unpaired) electrons. The van der Waals surface area contributed by atoms with Crippen molar-refractivity contribution in [2.24, 2.45) is 5.41 Å². The van der Waals surface area contributed by atoms with Crippen molar-refractivity contribution in [3.63, 3.8) is 0 Å². The van der Waals surface area contributed by atoms with Crippen molar-refractivity contribution in [3.05, 3.63) is 46.1 Å². The predicted molar refractivity (Wildman–Crippen MR) is 99.3 cm³/mol. The fourth-order valence-corrected chi connectivity index (χ4v) is 5.65. The van der Waals surface area contributed by atoms with Crippen molar-refractivity contribution < 1.29 is 0 Å². The predicted octanol–water partition coefficient (Wildman–Crippen LogP) is 6.70. The Bertz CT molecular complexity index is 679. The van der Waals surface area contributed by atoms with Gasteiger partial charge >= 0.3 is 0 Å². The molecular formula is C23H29N. The Morgan fingerprint density at radius 2 is 1.46 bits per heavy atom. The normalized spacial score (nSPS) is 30.7. The fourth-order valence-electron chi connectivity index (χ4n) is 5.65. The lowest BCUT2D eigenvalue weighted by Gasteiger charge is -2.45. The minimum atomic E-state index is 0.0937. The zero-order chi connectivity index (χ0) is 16.4. The van der Waals surface area contributed by atoms with Crippen molar-refractivity contribution in [1.29, 1.82) is 5.26 Å². The van der Waals surface area contributed by atoms with Crippen molar-refractivity contribution in [1.82, 2.24) is 0 Å². The van der Waals surface area contributed by atoms with Gasteiger partial charge in [-0.15, -0.1) is 0 Å². The number of nitriles is 1. The quantitative estimate of drug-likeness (QED) is 0.531. The standard InChI is InChI=1S/C23H29N/c24-17-19-11-8-16-23(21-14-6-7-15-21,20-12-2-1-3-13-20)22(19)18-9-4-5-10-18/h9,12,14H,1-8,10-11,13,15-16H2. The van der Waals surface area contributed by atoms with Crippen LogP contribution in [-0.2, 0) is 0 Å². The third kappa shape index (κ3) is 2.52. The molecule has 0 saturated heterocycles. The lowest BCUT2D eigenvalue weighted by molar-refractivity contribution is 0.395. The zero-order valence-electron chi connectivity index (χ0n) is 14.9. The van der Waals surface area contributed by atoms with Gasteiger partial charge in [0.2, 0.25) is 0 Å². The number of nitrogens with zero attached hydrogens (tertiary/aromatic N) is 1. The Balaban J connectivity index is 1.93. The summed E-state index contributed by atoms with van der Waals surface area (Å²) in [5.74, 6) is 0. The molecule has 4 rings (SSSR count). The summed E-state index contributed by atoms with van der Waals surface area (Å²) in [6.45, 7) is 0. The molecule has 1 unspecified atom stereocenters. The second-order valence-corrected chi connectivity index (χ2v) is 7.94. The molecule has 0 N–H and O–H groups in total. The molecule has 0 bridgehead atoms. The third-order valence-electron chi connectivity index (χ3n) is 6.63. The van der Waals surface area contributed by atoms with E-state index in [1.165, 1.54) is 88.2 Å². The van der Waals surface area contributed by atoms with Gasteiger partial charge in [0.15, 0.2) is 0 Å². The lowest BCUT2D eigenvalue weighted by atomic mass is 9.57. The molecule has 0 aliphatic heterocycles. The van der Waals surface area contributed by atoms with Gasteiger partial charge in [-0.1, -0.05) is 29.4 Å². The van der Waals surface area contributed by atoms with Crippen LogP contribution in [0.1, 0.15) is 83.5 Å². The third-order valence-corrected chi connectivity index (χ3v) is 6.63. The Morgan fingerprint density at radius 1 is 0.750 bits per heavy atom. The van der Waals surface area contributed by atoms with Gasteiger partial charge in [-0.25, -0.2) is 0 Å². The molecule has 4 aliphatic rings. The highest BCUT2D eigenvalue weighted by molar-refractivity contribution is 5.57. The molecule has 0 spiro atoms. The summed E-state index contributed by atoms with van der Waals surface area (Å²) in [5, 5.41) is 9.92. The van der Waals surface area contributed by atoms with Crippen LogP contribution in [-0.4, -0.2) is 0 Å². The van der Waals surface area contributed by atoms with Crippen molar-refractivity contribution >= 4 is 0 Å². The maximum Gasteiger partial charge on any atom is 0.0950 e. The average molecular weight is 319 g/mol.